The zero-order valence-corrected chi connectivity index (χ0v) is 10.5. The molecule has 1 aliphatic heterocycles. The lowest BCUT2D eigenvalue weighted by molar-refractivity contribution is 0.624. The maximum absolute atomic E-state index is 6.14. The highest BCUT2D eigenvalue weighted by Gasteiger charge is 2.15. The average Bonchev–Trinajstić information content (AvgIpc) is 2.42. The minimum Gasteiger partial charge on any atom is -0.339 e. The molecular formula is C13H13ClN4. The van der Waals surface area contributed by atoms with Crippen molar-refractivity contribution in [2.24, 2.45) is 0 Å². The van der Waals surface area contributed by atoms with Crippen LogP contribution in [0.3, 0.4) is 0 Å². The van der Waals surface area contributed by atoms with E-state index in [2.05, 4.69) is 20.6 Å². The maximum Gasteiger partial charge on any atom is 0.137 e. The summed E-state index contributed by atoms with van der Waals surface area (Å²) in [5.74, 6) is 0.856. The van der Waals surface area contributed by atoms with Gasteiger partial charge in [0.25, 0.3) is 0 Å². The van der Waals surface area contributed by atoms with Crippen molar-refractivity contribution in [3.8, 4) is 0 Å². The molecule has 0 spiro atoms. The van der Waals surface area contributed by atoms with Crippen molar-refractivity contribution in [1.29, 1.82) is 0 Å². The Kier molecular flexibility index (Phi) is 3.13. The molecule has 0 aliphatic carbocycles. The smallest absolute Gasteiger partial charge is 0.137 e. The van der Waals surface area contributed by atoms with Crippen LogP contribution in [0.2, 0.25) is 5.02 Å². The number of rotatable bonds is 2. The van der Waals surface area contributed by atoms with Gasteiger partial charge in [-0.15, -0.1) is 0 Å². The zero-order chi connectivity index (χ0) is 12.4. The number of aromatic nitrogens is 2. The van der Waals surface area contributed by atoms with E-state index in [0.717, 1.165) is 36.7 Å². The van der Waals surface area contributed by atoms with Crippen LogP contribution in [0.15, 0.2) is 30.6 Å². The topological polar surface area (TPSA) is 49.8 Å². The largest absolute Gasteiger partial charge is 0.339 e. The molecule has 0 fully saturated rings. The van der Waals surface area contributed by atoms with Crippen molar-refractivity contribution < 1.29 is 0 Å². The van der Waals surface area contributed by atoms with Gasteiger partial charge in [0.15, 0.2) is 0 Å². The van der Waals surface area contributed by atoms with Gasteiger partial charge < -0.3 is 10.6 Å². The molecule has 1 aromatic heterocycles. The fraction of sp³-hybridized carbons (Fsp3) is 0.231. The van der Waals surface area contributed by atoms with E-state index < -0.39 is 0 Å². The summed E-state index contributed by atoms with van der Waals surface area (Å²) < 4.78 is 0. The van der Waals surface area contributed by atoms with Gasteiger partial charge in [0, 0.05) is 12.1 Å². The van der Waals surface area contributed by atoms with E-state index in [-0.39, 0.29) is 0 Å². The normalized spacial score (nSPS) is 14.1. The van der Waals surface area contributed by atoms with E-state index in [1.807, 2.05) is 24.3 Å². The van der Waals surface area contributed by atoms with Crippen molar-refractivity contribution in [1.82, 2.24) is 15.3 Å². The summed E-state index contributed by atoms with van der Waals surface area (Å²) >= 11 is 6.14. The zero-order valence-electron chi connectivity index (χ0n) is 9.78. The van der Waals surface area contributed by atoms with Gasteiger partial charge in [-0.2, -0.15) is 0 Å². The lowest BCUT2D eigenvalue weighted by Gasteiger charge is -2.19. The summed E-state index contributed by atoms with van der Waals surface area (Å²) in [5.41, 5.74) is 3.11. The van der Waals surface area contributed by atoms with Crippen molar-refractivity contribution in [2.75, 3.05) is 11.9 Å². The Morgan fingerprint density at radius 1 is 1.22 bits per heavy atom. The van der Waals surface area contributed by atoms with Crippen LogP contribution in [-0.2, 0) is 13.0 Å². The number of benzene rings is 1. The first-order valence-corrected chi connectivity index (χ1v) is 6.27. The fourth-order valence-electron chi connectivity index (χ4n) is 2.08. The highest BCUT2D eigenvalue weighted by Crippen LogP contribution is 2.27. The Morgan fingerprint density at radius 2 is 2.11 bits per heavy atom. The van der Waals surface area contributed by atoms with Gasteiger partial charge in [-0.25, -0.2) is 9.97 Å². The van der Waals surface area contributed by atoms with Crippen molar-refractivity contribution in [2.45, 2.75) is 13.0 Å². The van der Waals surface area contributed by atoms with Gasteiger partial charge in [0.1, 0.15) is 12.1 Å². The SMILES string of the molecule is Clc1ccccc1Nc1ncnc2c1CCNC2. The molecule has 0 bridgehead atoms. The molecule has 0 saturated carbocycles. The Labute approximate surface area is 110 Å². The van der Waals surface area contributed by atoms with E-state index >= 15 is 0 Å². The van der Waals surface area contributed by atoms with Gasteiger partial charge in [-0.3, -0.25) is 0 Å². The molecular weight excluding hydrogens is 248 g/mol. The number of nitrogens with one attached hydrogen (secondary N) is 2. The summed E-state index contributed by atoms with van der Waals surface area (Å²) in [6, 6.07) is 7.66. The molecule has 4 nitrogen and oxygen atoms in total. The van der Waals surface area contributed by atoms with Crippen molar-refractivity contribution >= 4 is 23.1 Å². The lowest BCUT2D eigenvalue weighted by Crippen LogP contribution is -2.25. The first-order chi connectivity index (χ1) is 8.84. The van der Waals surface area contributed by atoms with Crippen LogP contribution in [0.25, 0.3) is 0 Å². The second-order valence-corrected chi connectivity index (χ2v) is 4.59. The third-order valence-electron chi connectivity index (χ3n) is 3.01. The van der Waals surface area contributed by atoms with E-state index in [0.29, 0.717) is 5.02 Å². The molecule has 2 N–H and O–H groups in total. The van der Waals surface area contributed by atoms with Crippen LogP contribution in [0.5, 0.6) is 0 Å². The summed E-state index contributed by atoms with van der Waals surface area (Å²) in [7, 11) is 0. The van der Waals surface area contributed by atoms with E-state index in [9.17, 15) is 0 Å². The van der Waals surface area contributed by atoms with Gasteiger partial charge in [0.2, 0.25) is 0 Å². The Bertz CT molecular complexity index is 571. The highest BCUT2D eigenvalue weighted by molar-refractivity contribution is 6.33. The molecule has 1 aromatic carbocycles. The Morgan fingerprint density at radius 3 is 3.00 bits per heavy atom. The molecule has 0 radical (unpaired) electrons. The number of hydrogen-bond donors (Lipinski definition) is 2. The second-order valence-electron chi connectivity index (χ2n) is 4.18. The quantitative estimate of drug-likeness (QED) is 0.871. The Hall–Kier alpha value is -1.65. The van der Waals surface area contributed by atoms with Crippen molar-refractivity contribution in [3.05, 3.63) is 46.9 Å². The summed E-state index contributed by atoms with van der Waals surface area (Å²) in [6.45, 7) is 1.76. The van der Waals surface area contributed by atoms with Crippen LogP contribution in [0.1, 0.15) is 11.3 Å². The maximum atomic E-state index is 6.14. The Balaban J connectivity index is 1.96. The first-order valence-electron chi connectivity index (χ1n) is 5.89. The number of fused-ring (bicyclic) bond motifs is 1. The molecule has 2 heterocycles. The third kappa shape index (κ3) is 2.17. The molecule has 1 aliphatic rings. The number of halogens is 1. The first kappa shape index (κ1) is 11.4. The number of anilines is 2. The summed E-state index contributed by atoms with van der Waals surface area (Å²) in [5, 5.41) is 7.28. The number of para-hydroxylation sites is 1. The van der Waals surface area contributed by atoms with Crippen LogP contribution in [0.4, 0.5) is 11.5 Å². The fourth-order valence-corrected chi connectivity index (χ4v) is 2.26. The third-order valence-corrected chi connectivity index (χ3v) is 3.34. The summed E-state index contributed by atoms with van der Waals surface area (Å²) in [4.78, 5) is 8.62. The predicted octanol–water partition coefficient (Wildman–Crippen LogP) is 2.52. The van der Waals surface area contributed by atoms with Gasteiger partial charge >= 0.3 is 0 Å². The van der Waals surface area contributed by atoms with E-state index in [1.165, 1.54) is 5.56 Å². The van der Waals surface area contributed by atoms with Crippen LogP contribution < -0.4 is 10.6 Å². The molecule has 0 atom stereocenters. The molecule has 0 saturated heterocycles. The molecule has 5 heteroatoms. The standard InChI is InChI=1S/C13H13ClN4/c14-10-3-1-2-4-11(10)18-13-9-5-6-15-7-12(9)16-8-17-13/h1-4,8,15H,5-7H2,(H,16,17,18). The lowest BCUT2D eigenvalue weighted by atomic mass is 10.1. The highest BCUT2D eigenvalue weighted by atomic mass is 35.5. The van der Waals surface area contributed by atoms with Gasteiger partial charge in [-0.05, 0) is 25.1 Å². The van der Waals surface area contributed by atoms with Gasteiger partial charge in [0.05, 0.1) is 16.4 Å². The van der Waals surface area contributed by atoms with E-state index in [4.69, 9.17) is 11.6 Å². The van der Waals surface area contributed by atoms with E-state index in [1.54, 1.807) is 6.33 Å². The molecule has 0 unspecified atom stereocenters. The second kappa shape index (κ2) is 4.92. The van der Waals surface area contributed by atoms with Crippen LogP contribution >= 0.6 is 11.6 Å². The molecule has 0 amide bonds. The minimum atomic E-state index is 0.693. The monoisotopic (exact) mass is 260 g/mol. The summed E-state index contributed by atoms with van der Waals surface area (Å²) in [6.07, 6.45) is 2.52. The molecule has 18 heavy (non-hydrogen) atoms. The number of hydrogen-bond acceptors (Lipinski definition) is 4. The molecule has 3 rings (SSSR count). The average molecular weight is 261 g/mol. The van der Waals surface area contributed by atoms with Crippen LogP contribution in [-0.4, -0.2) is 16.5 Å². The molecule has 92 valence electrons. The predicted molar refractivity (Wildman–Crippen MR) is 72.2 cm³/mol. The number of nitrogens with zero attached hydrogens (tertiary/aromatic N) is 2. The molecule has 2 aromatic rings. The van der Waals surface area contributed by atoms with Crippen LogP contribution in [0, 0.1) is 0 Å². The van der Waals surface area contributed by atoms with Crippen molar-refractivity contribution in [3.63, 3.8) is 0 Å². The minimum absolute atomic E-state index is 0.693. The van der Waals surface area contributed by atoms with Gasteiger partial charge in [-0.1, -0.05) is 23.7 Å².